The number of aromatic nitrogens is 1. The third-order valence-electron chi connectivity index (χ3n) is 7.00. The monoisotopic (exact) mass is 515 g/mol. The molecule has 2 aromatic carbocycles. The zero-order valence-electron chi connectivity index (χ0n) is 20.0. The van der Waals surface area contributed by atoms with Crippen molar-refractivity contribution < 1.29 is 32.2 Å². The smallest absolute Gasteiger partial charge is 0.393 e. The van der Waals surface area contributed by atoms with Crippen LogP contribution in [0.1, 0.15) is 27.0 Å². The van der Waals surface area contributed by atoms with Crippen molar-refractivity contribution in [2.45, 2.75) is 31.2 Å². The molecule has 1 aromatic heterocycles. The minimum atomic E-state index is -4.61. The van der Waals surface area contributed by atoms with Gasteiger partial charge in [-0.1, -0.05) is 18.2 Å². The third kappa shape index (κ3) is 4.78. The Balaban J connectivity index is 1.45. The molecule has 2 atom stereocenters. The van der Waals surface area contributed by atoms with Crippen LogP contribution in [0.5, 0.6) is 0 Å². The van der Waals surface area contributed by atoms with E-state index in [1.54, 1.807) is 12.1 Å². The lowest BCUT2D eigenvalue weighted by molar-refractivity contribution is -0.137. The number of nitrogens with one attached hydrogen (secondary N) is 1. The normalized spacial score (nSPS) is 21.2. The highest BCUT2D eigenvalue weighted by molar-refractivity contribution is 6.04. The van der Waals surface area contributed by atoms with Crippen molar-refractivity contribution in [3.63, 3.8) is 0 Å². The van der Waals surface area contributed by atoms with Gasteiger partial charge in [0.05, 0.1) is 37.0 Å². The summed E-state index contributed by atoms with van der Waals surface area (Å²) in [7, 11) is 0. The lowest BCUT2D eigenvalue weighted by atomic mass is 9.82. The fourth-order valence-corrected chi connectivity index (χ4v) is 5.00. The van der Waals surface area contributed by atoms with Gasteiger partial charge in [0.1, 0.15) is 0 Å². The van der Waals surface area contributed by atoms with Gasteiger partial charge in [0.15, 0.2) is 5.67 Å². The molecule has 0 unspecified atom stereocenters. The second kappa shape index (κ2) is 9.42. The molecule has 0 saturated carbocycles. The van der Waals surface area contributed by atoms with Crippen LogP contribution in [-0.4, -0.2) is 54.1 Å². The number of aryl methyl sites for hydroxylation is 1. The van der Waals surface area contributed by atoms with Crippen LogP contribution in [0.2, 0.25) is 0 Å². The van der Waals surface area contributed by atoms with Crippen LogP contribution in [0.4, 0.5) is 28.9 Å². The quantitative estimate of drug-likeness (QED) is 0.489. The van der Waals surface area contributed by atoms with Gasteiger partial charge in [0.2, 0.25) is 0 Å². The van der Waals surface area contributed by atoms with E-state index in [2.05, 4.69) is 10.3 Å². The fraction of sp³-hybridized carbons (Fsp3) is 0.333. The number of alkyl halides is 4. The first-order valence-corrected chi connectivity index (χ1v) is 11.8. The first kappa shape index (κ1) is 25.2. The van der Waals surface area contributed by atoms with E-state index in [-0.39, 0.29) is 18.6 Å². The van der Waals surface area contributed by atoms with E-state index in [9.17, 15) is 23.1 Å². The first-order chi connectivity index (χ1) is 17.6. The summed E-state index contributed by atoms with van der Waals surface area (Å²) in [4.78, 5) is 18.2. The van der Waals surface area contributed by atoms with Gasteiger partial charge in [-0.05, 0) is 53.4 Å². The maximum Gasteiger partial charge on any atom is 0.417 e. The Morgan fingerprint density at radius 2 is 2.03 bits per heavy atom. The van der Waals surface area contributed by atoms with Crippen LogP contribution in [0.3, 0.4) is 0 Å². The standard InChI is InChI=1S/C27H25F4N3O3/c1-16-2-5-21(33-25(36)19-8-20(13-32-12-19)27(29,30)31)10-22(16)17-3-4-18-11-26(28,15-35)24-14-37-7-6-34(24)23(18)9-17/h2-5,8-10,12-13,24,35H,6-7,11,14-15H2,1H3,(H,33,36)/t24-,26+/m1/s1. The van der Waals surface area contributed by atoms with Gasteiger partial charge < -0.3 is 20.1 Å². The van der Waals surface area contributed by atoms with E-state index in [1.165, 1.54) is 0 Å². The molecule has 2 aliphatic rings. The van der Waals surface area contributed by atoms with Crippen molar-refractivity contribution in [2.24, 2.45) is 0 Å². The highest BCUT2D eigenvalue weighted by Crippen LogP contribution is 2.42. The second-order valence-corrected chi connectivity index (χ2v) is 9.44. The van der Waals surface area contributed by atoms with Gasteiger partial charge in [-0.15, -0.1) is 0 Å². The number of halogens is 4. The zero-order valence-corrected chi connectivity index (χ0v) is 20.0. The number of hydrogen-bond acceptors (Lipinski definition) is 5. The van der Waals surface area contributed by atoms with Gasteiger partial charge in [-0.3, -0.25) is 9.78 Å². The first-order valence-electron chi connectivity index (χ1n) is 11.8. The number of pyridine rings is 1. The van der Waals surface area contributed by atoms with Crippen molar-refractivity contribution in [3.05, 3.63) is 77.1 Å². The van der Waals surface area contributed by atoms with E-state index < -0.39 is 36.0 Å². The highest BCUT2D eigenvalue weighted by atomic mass is 19.4. The van der Waals surface area contributed by atoms with E-state index in [0.29, 0.717) is 25.0 Å². The SMILES string of the molecule is Cc1ccc(NC(=O)c2cncc(C(F)(F)F)c2)cc1-c1ccc2c(c1)N1CCOC[C@@H]1[C@@](F)(CO)C2. The Kier molecular flexibility index (Phi) is 6.41. The van der Waals surface area contributed by atoms with Crippen LogP contribution in [-0.2, 0) is 17.3 Å². The number of anilines is 2. The van der Waals surface area contributed by atoms with Crippen molar-refractivity contribution >= 4 is 17.3 Å². The number of carbonyl (C=O) groups is 1. The molecule has 3 aromatic rings. The third-order valence-corrected chi connectivity index (χ3v) is 7.00. The molecule has 1 fully saturated rings. The Morgan fingerprint density at radius 1 is 1.22 bits per heavy atom. The average Bonchev–Trinajstić information content (AvgIpc) is 2.89. The van der Waals surface area contributed by atoms with Gasteiger partial charge in [-0.25, -0.2) is 4.39 Å². The topological polar surface area (TPSA) is 74.7 Å². The number of amides is 1. The number of ether oxygens (including phenoxy) is 1. The number of benzene rings is 2. The van der Waals surface area contributed by atoms with Crippen LogP contribution in [0, 0.1) is 6.92 Å². The summed E-state index contributed by atoms with van der Waals surface area (Å²) in [6, 6.07) is 11.1. The number of carbonyl (C=O) groups excluding carboxylic acids is 1. The minimum absolute atomic E-state index is 0.0732. The molecule has 10 heteroatoms. The lowest BCUT2D eigenvalue weighted by Gasteiger charge is -2.48. The molecule has 2 N–H and O–H groups in total. The second-order valence-electron chi connectivity index (χ2n) is 9.44. The molecular weight excluding hydrogens is 490 g/mol. The van der Waals surface area contributed by atoms with E-state index in [4.69, 9.17) is 4.74 Å². The van der Waals surface area contributed by atoms with Crippen LogP contribution < -0.4 is 10.2 Å². The Labute approximate surface area is 210 Å². The molecular formula is C27H25F4N3O3. The van der Waals surface area contributed by atoms with Gasteiger partial charge in [0, 0.05) is 36.7 Å². The van der Waals surface area contributed by atoms with Crippen molar-refractivity contribution in [1.29, 1.82) is 0 Å². The molecule has 0 aliphatic carbocycles. The molecule has 0 bridgehead atoms. The van der Waals surface area contributed by atoms with Gasteiger partial charge in [-0.2, -0.15) is 13.2 Å². The van der Waals surface area contributed by atoms with Crippen molar-refractivity contribution in [3.8, 4) is 11.1 Å². The van der Waals surface area contributed by atoms with E-state index >= 15 is 4.39 Å². The number of rotatable bonds is 4. The number of fused-ring (bicyclic) bond motifs is 3. The van der Waals surface area contributed by atoms with Gasteiger partial charge in [0.25, 0.3) is 5.91 Å². The number of nitrogens with zero attached hydrogens (tertiary/aromatic N) is 2. The largest absolute Gasteiger partial charge is 0.417 e. The van der Waals surface area contributed by atoms with Crippen molar-refractivity contribution in [2.75, 3.05) is 36.6 Å². The number of morpholine rings is 1. The molecule has 194 valence electrons. The zero-order chi connectivity index (χ0) is 26.4. The Bertz CT molecular complexity index is 1350. The maximum atomic E-state index is 15.5. The molecule has 1 amide bonds. The molecule has 1 saturated heterocycles. The molecule has 2 aliphatic heterocycles. The average molecular weight is 516 g/mol. The maximum absolute atomic E-state index is 15.5. The summed E-state index contributed by atoms with van der Waals surface area (Å²) >= 11 is 0. The van der Waals surface area contributed by atoms with Gasteiger partial charge >= 0.3 is 6.18 Å². The number of hydrogen-bond donors (Lipinski definition) is 2. The highest BCUT2D eigenvalue weighted by Gasteiger charge is 2.48. The van der Waals surface area contributed by atoms with E-state index in [1.807, 2.05) is 36.1 Å². The molecule has 37 heavy (non-hydrogen) atoms. The molecule has 6 nitrogen and oxygen atoms in total. The van der Waals surface area contributed by atoms with E-state index in [0.717, 1.165) is 40.2 Å². The van der Waals surface area contributed by atoms with Crippen LogP contribution in [0.25, 0.3) is 11.1 Å². The summed E-state index contributed by atoms with van der Waals surface area (Å²) in [5.74, 6) is -0.710. The van der Waals surface area contributed by atoms with Crippen LogP contribution >= 0.6 is 0 Å². The molecule has 0 radical (unpaired) electrons. The summed E-state index contributed by atoms with van der Waals surface area (Å²) in [6.45, 7) is 2.44. The molecule has 3 heterocycles. The summed E-state index contributed by atoms with van der Waals surface area (Å²) in [6.07, 6.45) is -2.78. The lowest BCUT2D eigenvalue weighted by Crippen LogP contribution is -2.62. The number of aliphatic hydroxyl groups excluding tert-OH is 1. The minimum Gasteiger partial charge on any atom is -0.393 e. The summed E-state index contributed by atoms with van der Waals surface area (Å²) in [5, 5.41) is 12.4. The molecule has 0 spiro atoms. The van der Waals surface area contributed by atoms with Crippen molar-refractivity contribution in [1.82, 2.24) is 4.98 Å². The predicted octanol–water partition coefficient (Wildman–Crippen LogP) is 4.79. The predicted molar refractivity (Wildman–Crippen MR) is 130 cm³/mol. The summed E-state index contributed by atoms with van der Waals surface area (Å²) in [5.41, 5.74) is 1.64. The Hall–Kier alpha value is -3.50. The van der Waals surface area contributed by atoms with Crippen LogP contribution in [0.15, 0.2) is 54.9 Å². The fourth-order valence-electron chi connectivity index (χ4n) is 5.00. The summed E-state index contributed by atoms with van der Waals surface area (Å²) < 4.78 is 60.1. The Morgan fingerprint density at radius 3 is 2.78 bits per heavy atom. The number of aliphatic hydroxyl groups is 1. The molecule has 5 rings (SSSR count).